The summed E-state index contributed by atoms with van der Waals surface area (Å²) in [6.45, 7) is 6.48. The Morgan fingerprint density at radius 1 is 1.21 bits per heavy atom. The van der Waals surface area contributed by atoms with E-state index in [0.29, 0.717) is 13.2 Å². The fourth-order valence-electron chi connectivity index (χ4n) is 3.64. The molecule has 2 aromatic heterocycles. The Morgan fingerprint density at radius 2 is 1.84 bits per heavy atom. The van der Waals surface area contributed by atoms with Crippen molar-refractivity contribution >= 4 is 23.3 Å². The predicted molar refractivity (Wildman–Crippen MR) is 120 cm³/mol. The summed E-state index contributed by atoms with van der Waals surface area (Å²) in [5.41, 5.74) is 4.20. The molecule has 2 aliphatic rings. The lowest BCUT2D eigenvalue weighted by molar-refractivity contribution is -0.193. The number of carbonyl (C=O) groups is 2. The van der Waals surface area contributed by atoms with Gasteiger partial charge in [0.2, 0.25) is 0 Å². The number of pyridine rings is 1. The monoisotopic (exact) mass is 573 g/mol. The molecule has 1 spiro atoms. The SMILES string of the molecule is Cc1ncsc1CN1CC[C@]2(C[C@@H](OCc3cccnc3)CO2)C1.O=C(O)C(F)(F)F.O=C(O)C(F)(F)F. The Balaban J connectivity index is 0.000000301. The second-order valence-electron chi connectivity index (χ2n) is 8.42. The third kappa shape index (κ3) is 10.2. The van der Waals surface area contributed by atoms with Gasteiger partial charge in [-0.1, -0.05) is 6.07 Å². The summed E-state index contributed by atoms with van der Waals surface area (Å²) in [4.78, 5) is 30.1. The third-order valence-electron chi connectivity index (χ3n) is 5.48. The second-order valence-corrected chi connectivity index (χ2v) is 9.36. The van der Waals surface area contributed by atoms with Gasteiger partial charge in [-0.2, -0.15) is 26.3 Å². The highest BCUT2D eigenvalue weighted by Gasteiger charge is 2.46. The normalized spacial score (nSPS) is 21.4. The average Bonchev–Trinajstić information content (AvgIpc) is 3.54. The predicted octanol–water partition coefficient (Wildman–Crippen LogP) is 4.06. The van der Waals surface area contributed by atoms with Crippen molar-refractivity contribution in [1.29, 1.82) is 0 Å². The van der Waals surface area contributed by atoms with Gasteiger partial charge in [0.15, 0.2) is 0 Å². The molecule has 0 saturated carbocycles. The number of nitrogens with zero attached hydrogens (tertiary/aromatic N) is 3. The van der Waals surface area contributed by atoms with Gasteiger partial charge in [-0.25, -0.2) is 14.6 Å². The Labute approximate surface area is 217 Å². The van der Waals surface area contributed by atoms with Crippen LogP contribution in [-0.4, -0.2) is 80.8 Å². The average molecular weight is 574 g/mol. The van der Waals surface area contributed by atoms with Crippen LogP contribution in [0.1, 0.15) is 29.0 Å². The lowest BCUT2D eigenvalue weighted by Gasteiger charge is -2.23. The van der Waals surface area contributed by atoms with Crippen molar-refractivity contribution in [3.05, 3.63) is 46.2 Å². The maximum atomic E-state index is 10.6. The molecule has 0 amide bonds. The van der Waals surface area contributed by atoms with Gasteiger partial charge in [0.05, 0.1) is 36.1 Å². The number of aliphatic carboxylic acids is 2. The summed E-state index contributed by atoms with van der Waals surface area (Å²) in [6.07, 6.45) is -4.24. The molecule has 16 heteroatoms. The Bertz CT molecular complexity index is 1030. The molecule has 0 aromatic carbocycles. The number of alkyl halides is 6. The van der Waals surface area contributed by atoms with Crippen LogP contribution in [0.15, 0.2) is 30.0 Å². The second kappa shape index (κ2) is 13.3. The van der Waals surface area contributed by atoms with Crippen molar-refractivity contribution in [1.82, 2.24) is 14.9 Å². The minimum atomic E-state index is -5.08. The van der Waals surface area contributed by atoms with E-state index in [1.807, 2.05) is 23.8 Å². The van der Waals surface area contributed by atoms with Gasteiger partial charge in [0.25, 0.3) is 0 Å². The molecule has 2 fully saturated rings. The fraction of sp³-hybridized carbons (Fsp3) is 0.545. The van der Waals surface area contributed by atoms with Crippen molar-refractivity contribution in [2.45, 2.75) is 57.0 Å². The molecule has 2 atom stereocenters. The number of ether oxygens (including phenoxy) is 2. The van der Waals surface area contributed by atoms with E-state index in [-0.39, 0.29) is 11.7 Å². The topological polar surface area (TPSA) is 122 Å². The smallest absolute Gasteiger partial charge is 0.475 e. The summed E-state index contributed by atoms with van der Waals surface area (Å²) < 4.78 is 75.7. The molecular weight excluding hydrogens is 548 g/mol. The molecule has 4 heterocycles. The van der Waals surface area contributed by atoms with Crippen molar-refractivity contribution in [3.8, 4) is 0 Å². The van der Waals surface area contributed by atoms with E-state index >= 15 is 0 Å². The van der Waals surface area contributed by atoms with Gasteiger partial charge in [0, 0.05) is 43.3 Å². The van der Waals surface area contributed by atoms with E-state index in [9.17, 15) is 26.3 Å². The lowest BCUT2D eigenvalue weighted by atomic mass is 9.98. The van der Waals surface area contributed by atoms with E-state index < -0.39 is 24.3 Å². The largest absolute Gasteiger partial charge is 0.490 e. The molecule has 2 saturated heterocycles. The molecule has 38 heavy (non-hydrogen) atoms. The van der Waals surface area contributed by atoms with Gasteiger partial charge in [0.1, 0.15) is 0 Å². The first-order chi connectivity index (χ1) is 17.6. The van der Waals surface area contributed by atoms with Crippen LogP contribution in [0.25, 0.3) is 0 Å². The highest BCUT2D eigenvalue weighted by atomic mass is 32.1. The molecule has 0 bridgehead atoms. The van der Waals surface area contributed by atoms with Gasteiger partial charge >= 0.3 is 24.3 Å². The quantitative estimate of drug-likeness (QED) is 0.510. The van der Waals surface area contributed by atoms with E-state index in [2.05, 4.69) is 21.8 Å². The van der Waals surface area contributed by atoms with Crippen LogP contribution in [0.2, 0.25) is 0 Å². The number of rotatable bonds is 5. The van der Waals surface area contributed by atoms with E-state index in [4.69, 9.17) is 29.3 Å². The maximum Gasteiger partial charge on any atom is 0.490 e. The van der Waals surface area contributed by atoms with Crippen LogP contribution in [0.5, 0.6) is 0 Å². The first-order valence-corrected chi connectivity index (χ1v) is 11.9. The van der Waals surface area contributed by atoms with E-state index in [0.717, 1.165) is 43.7 Å². The van der Waals surface area contributed by atoms with Crippen LogP contribution in [0, 0.1) is 6.92 Å². The van der Waals surface area contributed by atoms with Gasteiger partial charge in [-0.3, -0.25) is 9.88 Å². The minimum absolute atomic E-state index is 0.0157. The lowest BCUT2D eigenvalue weighted by Crippen LogP contribution is -2.32. The highest BCUT2D eigenvalue weighted by molar-refractivity contribution is 7.09. The summed E-state index contributed by atoms with van der Waals surface area (Å²) in [5, 5.41) is 14.2. The number of hydrogen-bond acceptors (Lipinski definition) is 8. The summed E-state index contributed by atoms with van der Waals surface area (Å²) in [5.74, 6) is -5.51. The number of thiazole rings is 1. The van der Waals surface area contributed by atoms with Crippen LogP contribution in [0.3, 0.4) is 0 Å². The molecule has 9 nitrogen and oxygen atoms in total. The minimum Gasteiger partial charge on any atom is -0.475 e. The zero-order chi connectivity index (χ0) is 28.6. The fourth-order valence-corrected chi connectivity index (χ4v) is 4.45. The standard InChI is InChI=1S/C18H23N3O2S.2C2HF3O2/c1-14-17(24-13-20-14)9-21-6-4-18(12-21)7-16(11-23-18)22-10-15-3-2-5-19-8-15;2*3-2(4,5)1(6)7/h2-3,5,8,13,16H,4,6-7,9-12H2,1H3;2*(H,6,7)/t16-,18+;;/m1../s1. The summed E-state index contributed by atoms with van der Waals surface area (Å²) >= 11 is 1.75. The number of hydrogen-bond donors (Lipinski definition) is 2. The first-order valence-electron chi connectivity index (χ1n) is 11.0. The Morgan fingerprint density at radius 3 is 2.34 bits per heavy atom. The van der Waals surface area contributed by atoms with Crippen molar-refractivity contribution in [2.24, 2.45) is 0 Å². The third-order valence-corrected chi connectivity index (χ3v) is 6.40. The van der Waals surface area contributed by atoms with Crippen molar-refractivity contribution < 1.29 is 55.6 Å². The molecular formula is C22H25F6N3O6S. The number of likely N-dealkylation sites (tertiary alicyclic amines) is 1. The molecule has 0 unspecified atom stereocenters. The first kappa shape index (κ1) is 31.4. The molecule has 2 N–H and O–H groups in total. The Hall–Kier alpha value is -2.82. The van der Waals surface area contributed by atoms with E-state index in [1.165, 1.54) is 4.88 Å². The summed E-state index contributed by atoms with van der Waals surface area (Å²) in [6, 6.07) is 3.99. The summed E-state index contributed by atoms with van der Waals surface area (Å²) in [7, 11) is 0. The van der Waals surface area contributed by atoms with Crippen LogP contribution < -0.4 is 0 Å². The molecule has 4 rings (SSSR count). The maximum absolute atomic E-state index is 10.6. The number of carboxylic acid groups (broad SMARTS) is 2. The number of halogens is 6. The zero-order valence-electron chi connectivity index (χ0n) is 20.0. The van der Waals surface area contributed by atoms with Gasteiger partial charge in [-0.05, 0) is 25.0 Å². The molecule has 2 aliphatic heterocycles. The van der Waals surface area contributed by atoms with Crippen molar-refractivity contribution in [3.63, 3.8) is 0 Å². The van der Waals surface area contributed by atoms with Gasteiger partial charge < -0.3 is 19.7 Å². The zero-order valence-corrected chi connectivity index (χ0v) is 20.8. The number of carboxylic acids is 2. The highest BCUT2D eigenvalue weighted by Crippen LogP contribution is 2.37. The number of aryl methyl sites for hydroxylation is 1. The van der Waals surface area contributed by atoms with E-state index in [1.54, 1.807) is 17.5 Å². The van der Waals surface area contributed by atoms with Crippen molar-refractivity contribution in [2.75, 3.05) is 19.7 Å². The number of aromatic nitrogens is 2. The molecule has 0 radical (unpaired) electrons. The van der Waals surface area contributed by atoms with Crippen LogP contribution in [-0.2, 0) is 32.2 Å². The Kier molecular flexibility index (Phi) is 11.0. The van der Waals surface area contributed by atoms with Gasteiger partial charge in [-0.15, -0.1) is 11.3 Å². The van der Waals surface area contributed by atoms with Crippen LogP contribution >= 0.6 is 11.3 Å². The van der Waals surface area contributed by atoms with Crippen LogP contribution in [0.4, 0.5) is 26.3 Å². The molecule has 2 aromatic rings. The molecule has 0 aliphatic carbocycles. The molecule has 212 valence electrons.